The van der Waals surface area contributed by atoms with Crippen LogP contribution in [0.1, 0.15) is 25.3 Å². The molecule has 0 radical (unpaired) electrons. The zero-order valence-corrected chi connectivity index (χ0v) is 10.6. The molecular weight excluding hydrogens is 196 g/mol. The van der Waals surface area contributed by atoms with Crippen LogP contribution in [0.2, 0.25) is 0 Å². The molecule has 0 aliphatic rings. The summed E-state index contributed by atoms with van der Waals surface area (Å²) in [6.07, 6.45) is 2.58. The molecule has 0 bridgehead atoms. The number of nitrogens with zero attached hydrogens (tertiary/aromatic N) is 1. The van der Waals surface area contributed by atoms with Gasteiger partial charge < -0.3 is 10.2 Å². The second kappa shape index (κ2) is 8.31. The highest BCUT2D eigenvalue weighted by molar-refractivity contribution is 5.14. The summed E-state index contributed by atoms with van der Waals surface area (Å²) in [4.78, 5) is 2.39. The van der Waals surface area contributed by atoms with E-state index in [4.69, 9.17) is 0 Å². The van der Waals surface area contributed by atoms with Crippen molar-refractivity contribution in [3.8, 4) is 0 Å². The molecule has 1 aromatic rings. The van der Waals surface area contributed by atoms with Crippen LogP contribution >= 0.6 is 0 Å². The summed E-state index contributed by atoms with van der Waals surface area (Å²) < 4.78 is 0. The first kappa shape index (κ1) is 13.2. The second-order valence-electron chi connectivity index (χ2n) is 4.32. The molecule has 0 unspecified atom stereocenters. The fourth-order valence-corrected chi connectivity index (χ4v) is 1.64. The highest BCUT2D eigenvalue weighted by atomic mass is 15.1. The predicted octanol–water partition coefficient (Wildman–Crippen LogP) is 2.51. The predicted molar refractivity (Wildman–Crippen MR) is 70.6 cm³/mol. The van der Waals surface area contributed by atoms with Crippen molar-refractivity contribution in [3.63, 3.8) is 0 Å². The summed E-state index contributed by atoms with van der Waals surface area (Å²) in [6.45, 7) is 6.62. The van der Waals surface area contributed by atoms with E-state index in [9.17, 15) is 0 Å². The number of rotatable bonds is 8. The fourth-order valence-electron chi connectivity index (χ4n) is 1.64. The molecule has 2 heteroatoms. The van der Waals surface area contributed by atoms with Crippen molar-refractivity contribution in [2.45, 2.75) is 26.3 Å². The van der Waals surface area contributed by atoms with Crippen LogP contribution in [0.5, 0.6) is 0 Å². The van der Waals surface area contributed by atoms with Gasteiger partial charge in [-0.1, -0.05) is 43.7 Å². The van der Waals surface area contributed by atoms with Gasteiger partial charge in [-0.2, -0.15) is 0 Å². The van der Waals surface area contributed by atoms with E-state index in [0.717, 1.165) is 19.6 Å². The smallest absolute Gasteiger partial charge is 0.0206 e. The first-order chi connectivity index (χ1) is 7.83. The van der Waals surface area contributed by atoms with E-state index in [1.165, 1.54) is 24.9 Å². The molecule has 0 aliphatic heterocycles. The molecule has 1 aromatic carbocycles. The van der Waals surface area contributed by atoms with E-state index in [1.807, 2.05) is 0 Å². The Morgan fingerprint density at radius 3 is 2.56 bits per heavy atom. The van der Waals surface area contributed by atoms with E-state index in [1.54, 1.807) is 0 Å². The van der Waals surface area contributed by atoms with Crippen LogP contribution in [0.4, 0.5) is 0 Å². The maximum atomic E-state index is 3.47. The summed E-state index contributed by atoms with van der Waals surface area (Å²) in [7, 11) is 2.19. The molecule has 0 spiro atoms. The highest BCUT2D eigenvalue weighted by Crippen LogP contribution is 1.97. The fraction of sp³-hybridized carbons (Fsp3) is 0.571. The lowest BCUT2D eigenvalue weighted by atomic mass is 10.2. The zero-order valence-electron chi connectivity index (χ0n) is 10.6. The minimum Gasteiger partial charge on any atom is -0.311 e. The average Bonchev–Trinajstić information content (AvgIpc) is 2.33. The van der Waals surface area contributed by atoms with Crippen LogP contribution in [0.15, 0.2) is 30.3 Å². The first-order valence-electron chi connectivity index (χ1n) is 6.26. The van der Waals surface area contributed by atoms with E-state index < -0.39 is 0 Å². The van der Waals surface area contributed by atoms with Gasteiger partial charge in [0.15, 0.2) is 0 Å². The van der Waals surface area contributed by atoms with Gasteiger partial charge in [0.2, 0.25) is 0 Å². The monoisotopic (exact) mass is 220 g/mol. The summed E-state index contributed by atoms with van der Waals surface area (Å²) >= 11 is 0. The zero-order chi connectivity index (χ0) is 11.6. The Hall–Kier alpha value is -0.860. The number of nitrogens with one attached hydrogen (secondary N) is 1. The molecule has 2 nitrogen and oxygen atoms in total. The topological polar surface area (TPSA) is 15.3 Å². The SMILES string of the molecule is CCCCN(C)CCNCc1ccccc1. The minimum absolute atomic E-state index is 0.975. The van der Waals surface area contributed by atoms with Crippen LogP contribution in [-0.4, -0.2) is 31.6 Å². The van der Waals surface area contributed by atoms with Gasteiger partial charge in [0.05, 0.1) is 0 Å². The standard InChI is InChI=1S/C14H24N2/c1-3-4-11-16(2)12-10-15-13-14-8-6-5-7-9-14/h5-9,15H,3-4,10-13H2,1-2H3. The molecule has 0 saturated carbocycles. The molecule has 0 saturated heterocycles. The molecule has 90 valence electrons. The maximum absolute atomic E-state index is 3.47. The van der Waals surface area contributed by atoms with Crippen LogP contribution in [0.3, 0.4) is 0 Å². The second-order valence-corrected chi connectivity index (χ2v) is 4.32. The van der Waals surface area contributed by atoms with Crippen molar-refractivity contribution in [3.05, 3.63) is 35.9 Å². The lowest BCUT2D eigenvalue weighted by Crippen LogP contribution is -2.29. The van der Waals surface area contributed by atoms with Gasteiger partial charge in [0.1, 0.15) is 0 Å². The van der Waals surface area contributed by atoms with Gasteiger partial charge >= 0.3 is 0 Å². The van der Waals surface area contributed by atoms with Gasteiger partial charge in [0, 0.05) is 19.6 Å². The molecule has 16 heavy (non-hydrogen) atoms. The Kier molecular flexibility index (Phi) is 6.86. The summed E-state index contributed by atoms with van der Waals surface area (Å²) in [5.74, 6) is 0. The van der Waals surface area contributed by atoms with E-state index >= 15 is 0 Å². The number of benzene rings is 1. The van der Waals surface area contributed by atoms with Gasteiger partial charge in [0.25, 0.3) is 0 Å². The third-order valence-corrected chi connectivity index (χ3v) is 2.74. The Morgan fingerprint density at radius 1 is 1.12 bits per heavy atom. The Bertz CT molecular complexity index is 259. The Balaban J connectivity index is 2.03. The lowest BCUT2D eigenvalue weighted by Gasteiger charge is -2.16. The van der Waals surface area contributed by atoms with Crippen molar-refractivity contribution in [2.24, 2.45) is 0 Å². The Morgan fingerprint density at radius 2 is 1.88 bits per heavy atom. The molecule has 0 atom stereocenters. The van der Waals surface area contributed by atoms with Gasteiger partial charge in [-0.05, 0) is 25.6 Å². The Labute approximate surface area is 99.7 Å². The summed E-state index contributed by atoms with van der Waals surface area (Å²) in [5, 5.41) is 3.47. The van der Waals surface area contributed by atoms with Crippen molar-refractivity contribution in [1.82, 2.24) is 10.2 Å². The van der Waals surface area contributed by atoms with Crippen molar-refractivity contribution >= 4 is 0 Å². The van der Waals surface area contributed by atoms with Crippen molar-refractivity contribution in [2.75, 3.05) is 26.7 Å². The number of likely N-dealkylation sites (N-methyl/N-ethyl adjacent to an activating group) is 1. The van der Waals surface area contributed by atoms with E-state index in [2.05, 4.69) is 54.5 Å². The molecular formula is C14H24N2. The summed E-state index contributed by atoms with van der Waals surface area (Å²) in [6, 6.07) is 10.6. The number of unbranched alkanes of at least 4 members (excludes halogenated alkanes) is 1. The van der Waals surface area contributed by atoms with E-state index in [0.29, 0.717) is 0 Å². The van der Waals surface area contributed by atoms with Crippen LogP contribution < -0.4 is 5.32 Å². The van der Waals surface area contributed by atoms with Gasteiger partial charge in [-0.15, -0.1) is 0 Å². The lowest BCUT2D eigenvalue weighted by molar-refractivity contribution is 0.325. The maximum Gasteiger partial charge on any atom is 0.0206 e. The largest absolute Gasteiger partial charge is 0.311 e. The van der Waals surface area contributed by atoms with Crippen LogP contribution in [0.25, 0.3) is 0 Å². The molecule has 0 aliphatic carbocycles. The van der Waals surface area contributed by atoms with Gasteiger partial charge in [-0.3, -0.25) is 0 Å². The normalized spacial score (nSPS) is 10.9. The molecule has 0 aromatic heterocycles. The van der Waals surface area contributed by atoms with E-state index in [-0.39, 0.29) is 0 Å². The molecule has 0 heterocycles. The molecule has 0 amide bonds. The minimum atomic E-state index is 0.975. The quantitative estimate of drug-likeness (QED) is 0.677. The average molecular weight is 220 g/mol. The third kappa shape index (κ3) is 5.89. The van der Waals surface area contributed by atoms with Crippen molar-refractivity contribution < 1.29 is 0 Å². The van der Waals surface area contributed by atoms with Crippen molar-refractivity contribution in [1.29, 1.82) is 0 Å². The number of hydrogen-bond acceptors (Lipinski definition) is 2. The number of hydrogen-bond donors (Lipinski definition) is 1. The third-order valence-electron chi connectivity index (χ3n) is 2.74. The molecule has 0 fully saturated rings. The molecule has 1 rings (SSSR count). The van der Waals surface area contributed by atoms with Crippen LogP contribution in [0, 0.1) is 0 Å². The van der Waals surface area contributed by atoms with Gasteiger partial charge in [-0.25, -0.2) is 0 Å². The highest BCUT2D eigenvalue weighted by Gasteiger charge is 1.96. The van der Waals surface area contributed by atoms with Crippen LogP contribution in [-0.2, 0) is 6.54 Å². The summed E-state index contributed by atoms with van der Waals surface area (Å²) in [5.41, 5.74) is 1.36. The molecule has 1 N–H and O–H groups in total. The first-order valence-corrected chi connectivity index (χ1v) is 6.26.